The molecule has 4 rings (SSSR count). The van der Waals surface area contributed by atoms with Crippen molar-refractivity contribution in [3.8, 4) is 17.2 Å². The highest BCUT2D eigenvalue weighted by Gasteiger charge is 2.50. The monoisotopic (exact) mass is 425 g/mol. The van der Waals surface area contributed by atoms with E-state index in [1.807, 2.05) is 48.5 Å². The normalized spacial score (nSPS) is 17.9. The van der Waals surface area contributed by atoms with Crippen LogP contribution in [-0.4, -0.2) is 30.6 Å². The Balaban J connectivity index is 1.65. The first-order valence-corrected chi connectivity index (χ1v) is 9.75. The highest BCUT2D eigenvalue weighted by molar-refractivity contribution is 5.89. The molecule has 3 aromatic carbocycles. The quantitative estimate of drug-likeness (QED) is 0.485. The Morgan fingerprint density at radius 1 is 0.935 bits per heavy atom. The smallest absolute Gasteiger partial charge is 0.387 e. The number of hydrogen-bond donors (Lipinski definition) is 0. The van der Waals surface area contributed by atoms with E-state index in [1.54, 1.807) is 29.2 Å². The number of hydrogen-bond acceptors (Lipinski definition) is 4. The molecule has 0 aromatic heterocycles. The van der Waals surface area contributed by atoms with Crippen molar-refractivity contribution in [3.05, 3.63) is 90.0 Å². The van der Waals surface area contributed by atoms with Crippen LogP contribution >= 0.6 is 0 Å². The zero-order valence-electron chi connectivity index (χ0n) is 16.8. The minimum absolute atomic E-state index is 0.0676. The Morgan fingerprint density at radius 3 is 2.26 bits per heavy atom. The fourth-order valence-electron chi connectivity index (χ4n) is 3.65. The van der Waals surface area contributed by atoms with Crippen molar-refractivity contribution in [2.24, 2.45) is 0 Å². The number of halogens is 2. The molecule has 0 bridgehead atoms. The van der Waals surface area contributed by atoms with Gasteiger partial charge in [0.05, 0.1) is 7.11 Å². The molecule has 2 atom stereocenters. The Morgan fingerprint density at radius 2 is 1.61 bits per heavy atom. The maximum Gasteiger partial charge on any atom is 0.387 e. The highest BCUT2D eigenvalue weighted by atomic mass is 19.3. The maximum atomic E-state index is 13.0. The molecule has 3 aromatic rings. The molecule has 1 fully saturated rings. The Hall–Kier alpha value is -3.61. The number of carbonyl (C=O) groups excluding carboxylic acids is 1. The molecule has 0 aliphatic carbocycles. The summed E-state index contributed by atoms with van der Waals surface area (Å²) in [4.78, 5) is 14.7. The second kappa shape index (κ2) is 9.04. The summed E-state index contributed by atoms with van der Waals surface area (Å²) in [7, 11) is 1.38. The van der Waals surface area contributed by atoms with Crippen molar-refractivity contribution in [3.63, 3.8) is 0 Å². The lowest BCUT2D eigenvalue weighted by atomic mass is 9.89. The van der Waals surface area contributed by atoms with Gasteiger partial charge in [0.25, 0.3) is 5.91 Å². The zero-order chi connectivity index (χ0) is 21.8. The minimum atomic E-state index is -2.96. The van der Waals surface area contributed by atoms with Gasteiger partial charge in [-0.15, -0.1) is 0 Å². The summed E-state index contributed by atoms with van der Waals surface area (Å²) in [5.41, 5.74) is 1.68. The molecule has 31 heavy (non-hydrogen) atoms. The number of likely N-dealkylation sites (tertiary alicyclic amines) is 1. The number of rotatable bonds is 8. The summed E-state index contributed by atoms with van der Waals surface area (Å²) in [6, 6.07) is 23.0. The summed E-state index contributed by atoms with van der Waals surface area (Å²) >= 11 is 0. The van der Waals surface area contributed by atoms with Crippen molar-refractivity contribution in [1.29, 1.82) is 0 Å². The Kier molecular flexibility index (Phi) is 6.02. The van der Waals surface area contributed by atoms with Gasteiger partial charge in [-0.05, 0) is 35.4 Å². The average molecular weight is 425 g/mol. The predicted molar refractivity (Wildman–Crippen MR) is 110 cm³/mol. The number of methoxy groups -OCH3 is 1. The van der Waals surface area contributed by atoms with Gasteiger partial charge >= 0.3 is 6.61 Å². The largest absolute Gasteiger partial charge is 0.493 e. The number of β-lactam (4-membered cyclic amide) rings is 1. The lowest BCUT2D eigenvalue weighted by Crippen LogP contribution is -2.60. The highest BCUT2D eigenvalue weighted by Crippen LogP contribution is 2.41. The molecule has 1 aliphatic rings. The third-order valence-electron chi connectivity index (χ3n) is 5.10. The summed E-state index contributed by atoms with van der Waals surface area (Å²) in [6.45, 7) is -2.56. The molecular weight excluding hydrogens is 404 g/mol. The van der Waals surface area contributed by atoms with E-state index in [9.17, 15) is 13.6 Å². The molecule has 0 spiro atoms. The SMILES string of the molecule is COc1cc([C@@H]2[C@@H](Oc3ccccc3)C(=O)N2Cc2ccccc2)ccc1OC(F)F. The van der Waals surface area contributed by atoms with Crippen LogP contribution in [0.15, 0.2) is 78.9 Å². The first-order valence-electron chi connectivity index (χ1n) is 9.75. The third kappa shape index (κ3) is 4.45. The Bertz CT molecular complexity index is 979. The lowest BCUT2D eigenvalue weighted by molar-refractivity contribution is -0.165. The van der Waals surface area contributed by atoms with Crippen molar-refractivity contribution in [1.82, 2.24) is 4.90 Å². The lowest BCUT2D eigenvalue weighted by Gasteiger charge is -2.47. The van der Waals surface area contributed by atoms with E-state index in [2.05, 4.69) is 4.74 Å². The number of ether oxygens (including phenoxy) is 3. The molecule has 1 heterocycles. The molecule has 160 valence electrons. The van der Waals surface area contributed by atoms with Gasteiger partial charge in [0.2, 0.25) is 6.10 Å². The van der Waals surface area contributed by atoms with Crippen LogP contribution in [0.1, 0.15) is 17.2 Å². The molecule has 0 unspecified atom stereocenters. The van der Waals surface area contributed by atoms with E-state index in [1.165, 1.54) is 13.2 Å². The van der Waals surface area contributed by atoms with Crippen molar-refractivity contribution in [2.75, 3.05) is 7.11 Å². The molecular formula is C24H21F2NO4. The first kappa shape index (κ1) is 20.7. The number of nitrogens with zero attached hydrogens (tertiary/aromatic N) is 1. The van der Waals surface area contributed by atoms with Gasteiger partial charge in [0, 0.05) is 6.54 Å². The van der Waals surface area contributed by atoms with Crippen LogP contribution < -0.4 is 14.2 Å². The average Bonchev–Trinajstić information content (AvgIpc) is 2.79. The van der Waals surface area contributed by atoms with E-state index in [4.69, 9.17) is 9.47 Å². The van der Waals surface area contributed by atoms with Gasteiger partial charge in [0.15, 0.2) is 11.5 Å². The van der Waals surface area contributed by atoms with Crippen LogP contribution in [0.4, 0.5) is 8.78 Å². The van der Waals surface area contributed by atoms with Gasteiger partial charge in [0.1, 0.15) is 11.8 Å². The van der Waals surface area contributed by atoms with Gasteiger partial charge in [-0.2, -0.15) is 8.78 Å². The number of alkyl halides is 2. The number of benzene rings is 3. The van der Waals surface area contributed by atoms with Crippen molar-refractivity contribution < 1.29 is 27.8 Å². The maximum absolute atomic E-state index is 13.0. The summed E-state index contributed by atoms with van der Waals surface area (Å²) in [6.07, 6.45) is -0.738. The van der Waals surface area contributed by atoms with Crippen LogP contribution in [0.5, 0.6) is 17.2 Å². The summed E-state index contributed by atoms with van der Waals surface area (Å²) in [5, 5.41) is 0. The third-order valence-corrected chi connectivity index (χ3v) is 5.10. The molecule has 1 aliphatic heterocycles. The predicted octanol–water partition coefficient (Wildman–Crippen LogP) is 4.83. The molecule has 1 saturated heterocycles. The number of carbonyl (C=O) groups is 1. The standard InChI is InChI=1S/C24H21F2NO4/c1-29-20-14-17(12-13-19(20)31-24(25)26)21-22(30-18-10-6-3-7-11-18)23(28)27(21)15-16-8-4-2-5-9-16/h2-14,21-22,24H,15H2,1H3/t21-,22-/m1/s1. The molecule has 0 radical (unpaired) electrons. The van der Waals surface area contributed by atoms with Crippen LogP contribution in [0.2, 0.25) is 0 Å². The fraction of sp³-hybridized carbons (Fsp3) is 0.208. The van der Waals surface area contributed by atoms with Crippen LogP contribution in [0.3, 0.4) is 0 Å². The van der Waals surface area contributed by atoms with E-state index in [0.29, 0.717) is 17.9 Å². The zero-order valence-corrected chi connectivity index (χ0v) is 16.8. The second-order valence-corrected chi connectivity index (χ2v) is 7.04. The van der Waals surface area contributed by atoms with E-state index in [-0.39, 0.29) is 17.4 Å². The van der Waals surface area contributed by atoms with Gasteiger partial charge in [-0.3, -0.25) is 4.79 Å². The number of amides is 1. The van der Waals surface area contributed by atoms with E-state index < -0.39 is 18.8 Å². The van der Waals surface area contributed by atoms with E-state index >= 15 is 0 Å². The van der Waals surface area contributed by atoms with Crippen LogP contribution in [0.25, 0.3) is 0 Å². The number of para-hydroxylation sites is 1. The van der Waals surface area contributed by atoms with Gasteiger partial charge in [-0.25, -0.2) is 0 Å². The van der Waals surface area contributed by atoms with Crippen LogP contribution in [-0.2, 0) is 11.3 Å². The van der Waals surface area contributed by atoms with Gasteiger partial charge < -0.3 is 19.1 Å². The first-order chi connectivity index (χ1) is 15.1. The molecule has 1 amide bonds. The van der Waals surface area contributed by atoms with Crippen LogP contribution in [0, 0.1) is 0 Å². The minimum Gasteiger partial charge on any atom is -0.493 e. The van der Waals surface area contributed by atoms with Gasteiger partial charge in [-0.1, -0.05) is 54.6 Å². The molecule has 0 N–H and O–H groups in total. The Labute approximate surface area is 178 Å². The summed E-state index contributed by atoms with van der Waals surface area (Å²) in [5.74, 6) is 0.525. The summed E-state index contributed by atoms with van der Waals surface area (Å²) < 4.78 is 41.1. The fourth-order valence-corrected chi connectivity index (χ4v) is 3.65. The molecule has 7 heteroatoms. The molecule has 0 saturated carbocycles. The van der Waals surface area contributed by atoms with E-state index in [0.717, 1.165) is 5.56 Å². The van der Waals surface area contributed by atoms with Crippen molar-refractivity contribution >= 4 is 5.91 Å². The second-order valence-electron chi connectivity index (χ2n) is 7.04. The topological polar surface area (TPSA) is 48.0 Å². The molecule has 5 nitrogen and oxygen atoms in total. The van der Waals surface area contributed by atoms with Crippen molar-refractivity contribution in [2.45, 2.75) is 25.3 Å².